The molecule has 1 atom stereocenters. The first-order valence-corrected chi connectivity index (χ1v) is 10.0. The lowest BCUT2D eigenvalue weighted by molar-refractivity contribution is 0.0785. The topological polar surface area (TPSA) is 81.5 Å². The van der Waals surface area contributed by atoms with Crippen LogP contribution < -0.4 is 10.2 Å². The number of aliphatic hydroxyl groups excluding tert-OH is 1. The van der Waals surface area contributed by atoms with E-state index in [1.165, 1.54) is 11.1 Å². The molecule has 0 spiro atoms. The Kier molecular flexibility index (Phi) is 5.91. The molecule has 0 fully saturated rings. The zero-order valence-corrected chi connectivity index (χ0v) is 17.5. The van der Waals surface area contributed by atoms with Gasteiger partial charge in [-0.1, -0.05) is 32.0 Å². The van der Waals surface area contributed by atoms with Gasteiger partial charge in [0, 0.05) is 25.2 Å². The standard InChI is InChI=1S/C22H32N4O2/c1-14(2)19-11-20(25-21(24-19)23-15(3)13-27)26-9-8-16-10-18(22(4,5)28)7-6-17(16)12-26/h6-7,10-11,14-15,27-28H,8-9,12-13H2,1-5H3,(H,23,24,25)/t15-/m0/s1. The van der Waals surface area contributed by atoms with Crippen molar-refractivity contribution in [2.75, 3.05) is 23.4 Å². The number of benzene rings is 1. The fourth-order valence-corrected chi connectivity index (χ4v) is 3.37. The Morgan fingerprint density at radius 2 is 1.89 bits per heavy atom. The van der Waals surface area contributed by atoms with Crippen molar-refractivity contribution in [2.24, 2.45) is 0 Å². The SMILES string of the molecule is CC(C)c1cc(N2CCc3cc(C(C)(C)O)ccc3C2)nc(N[C@@H](C)CO)n1. The lowest BCUT2D eigenvalue weighted by atomic mass is 9.91. The molecule has 1 aromatic heterocycles. The lowest BCUT2D eigenvalue weighted by Crippen LogP contribution is -2.32. The number of nitrogens with one attached hydrogen (secondary N) is 1. The largest absolute Gasteiger partial charge is 0.394 e. The molecular weight excluding hydrogens is 352 g/mol. The van der Waals surface area contributed by atoms with Crippen LogP contribution in [0.1, 0.15) is 62.9 Å². The van der Waals surface area contributed by atoms with Crippen LogP contribution in [0, 0.1) is 0 Å². The van der Waals surface area contributed by atoms with Crippen LogP contribution in [0.25, 0.3) is 0 Å². The number of hydrogen-bond donors (Lipinski definition) is 3. The second kappa shape index (κ2) is 8.05. The molecule has 3 N–H and O–H groups in total. The van der Waals surface area contributed by atoms with Gasteiger partial charge in [0.15, 0.2) is 0 Å². The third kappa shape index (κ3) is 4.62. The van der Waals surface area contributed by atoms with Gasteiger partial charge in [-0.25, -0.2) is 4.98 Å². The quantitative estimate of drug-likeness (QED) is 0.710. The molecule has 6 heteroatoms. The Hall–Kier alpha value is -2.18. The smallest absolute Gasteiger partial charge is 0.225 e. The molecule has 28 heavy (non-hydrogen) atoms. The number of aliphatic hydroxyl groups is 2. The van der Waals surface area contributed by atoms with E-state index >= 15 is 0 Å². The minimum absolute atomic E-state index is 0.0330. The Balaban J connectivity index is 1.88. The number of anilines is 2. The van der Waals surface area contributed by atoms with E-state index in [2.05, 4.69) is 47.2 Å². The van der Waals surface area contributed by atoms with E-state index in [1.807, 2.05) is 26.8 Å². The Morgan fingerprint density at radius 3 is 2.54 bits per heavy atom. The summed E-state index contributed by atoms with van der Waals surface area (Å²) in [5.74, 6) is 1.76. The first kappa shape index (κ1) is 20.6. The predicted octanol–water partition coefficient (Wildman–Crippen LogP) is 3.18. The van der Waals surface area contributed by atoms with Crippen LogP contribution in [0.3, 0.4) is 0 Å². The monoisotopic (exact) mass is 384 g/mol. The van der Waals surface area contributed by atoms with Crippen LogP contribution in [0.4, 0.5) is 11.8 Å². The van der Waals surface area contributed by atoms with E-state index in [9.17, 15) is 10.2 Å². The minimum Gasteiger partial charge on any atom is -0.394 e. The average Bonchev–Trinajstić information content (AvgIpc) is 2.66. The highest BCUT2D eigenvalue weighted by Gasteiger charge is 2.23. The summed E-state index contributed by atoms with van der Waals surface area (Å²) in [6, 6.07) is 8.22. The van der Waals surface area contributed by atoms with Gasteiger partial charge >= 0.3 is 0 Å². The van der Waals surface area contributed by atoms with E-state index in [-0.39, 0.29) is 18.6 Å². The van der Waals surface area contributed by atoms with Gasteiger partial charge in [0.2, 0.25) is 5.95 Å². The summed E-state index contributed by atoms with van der Waals surface area (Å²) in [5.41, 5.74) is 3.67. The highest BCUT2D eigenvalue weighted by atomic mass is 16.3. The number of nitrogens with zero attached hydrogens (tertiary/aromatic N) is 3. The number of aromatic nitrogens is 2. The molecule has 2 heterocycles. The van der Waals surface area contributed by atoms with Crippen LogP contribution in [0.2, 0.25) is 0 Å². The van der Waals surface area contributed by atoms with Crippen LogP contribution in [0.15, 0.2) is 24.3 Å². The van der Waals surface area contributed by atoms with Gasteiger partial charge in [-0.15, -0.1) is 0 Å². The lowest BCUT2D eigenvalue weighted by Gasteiger charge is -2.31. The zero-order valence-electron chi connectivity index (χ0n) is 17.5. The predicted molar refractivity (Wildman–Crippen MR) is 113 cm³/mol. The van der Waals surface area contributed by atoms with Crippen LogP contribution in [-0.2, 0) is 18.6 Å². The average molecular weight is 385 g/mol. The Bertz CT molecular complexity index is 830. The van der Waals surface area contributed by atoms with Crippen molar-refractivity contribution in [1.82, 2.24) is 9.97 Å². The highest BCUT2D eigenvalue weighted by Crippen LogP contribution is 2.29. The van der Waals surface area contributed by atoms with Crippen LogP contribution in [-0.4, -0.2) is 39.4 Å². The molecule has 0 bridgehead atoms. The normalized spacial score (nSPS) is 15.5. The van der Waals surface area contributed by atoms with Gasteiger partial charge < -0.3 is 20.4 Å². The van der Waals surface area contributed by atoms with E-state index in [1.54, 1.807) is 0 Å². The maximum absolute atomic E-state index is 10.3. The van der Waals surface area contributed by atoms with Crippen molar-refractivity contribution >= 4 is 11.8 Å². The molecule has 1 aromatic carbocycles. The van der Waals surface area contributed by atoms with E-state index in [4.69, 9.17) is 4.98 Å². The van der Waals surface area contributed by atoms with Crippen molar-refractivity contribution in [3.63, 3.8) is 0 Å². The van der Waals surface area contributed by atoms with Gasteiger partial charge in [0.25, 0.3) is 0 Å². The molecule has 1 aliphatic heterocycles. The van der Waals surface area contributed by atoms with Crippen molar-refractivity contribution in [3.8, 4) is 0 Å². The third-order valence-electron chi connectivity index (χ3n) is 5.22. The molecular formula is C22H32N4O2. The summed E-state index contributed by atoms with van der Waals surface area (Å²) in [7, 11) is 0. The van der Waals surface area contributed by atoms with Crippen molar-refractivity contribution in [2.45, 2.75) is 65.1 Å². The van der Waals surface area contributed by atoms with Crippen LogP contribution in [0.5, 0.6) is 0 Å². The summed E-state index contributed by atoms with van der Waals surface area (Å²) in [6.45, 7) is 11.5. The molecule has 0 radical (unpaired) electrons. The van der Waals surface area contributed by atoms with Gasteiger partial charge in [0.1, 0.15) is 5.82 Å². The van der Waals surface area contributed by atoms with E-state index in [0.29, 0.717) is 5.95 Å². The second-order valence-electron chi connectivity index (χ2n) is 8.57. The Labute approximate surface area is 167 Å². The van der Waals surface area contributed by atoms with Crippen molar-refractivity contribution in [1.29, 1.82) is 0 Å². The molecule has 0 amide bonds. The maximum Gasteiger partial charge on any atom is 0.225 e. The van der Waals surface area contributed by atoms with Crippen molar-refractivity contribution in [3.05, 3.63) is 46.6 Å². The van der Waals surface area contributed by atoms with Gasteiger partial charge in [0.05, 0.1) is 17.9 Å². The second-order valence-corrected chi connectivity index (χ2v) is 8.57. The summed E-state index contributed by atoms with van der Waals surface area (Å²) < 4.78 is 0. The molecule has 6 nitrogen and oxygen atoms in total. The first-order valence-electron chi connectivity index (χ1n) is 10.0. The number of hydrogen-bond acceptors (Lipinski definition) is 6. The highest BCUT2D eigenvalue weighted by molar-refractivity contribution is 5.49. The molecule has 0 saturated carbocycles. The summed E-state index contributed by atoms with van der Waals surface area (Å²) >= 11 is 0. The number of rotatable bonds is 6. The molecule has 2 aromatic rings. The minimum atomic E-state index is -0.824. The molecule has 152 valence electrons. The fourth-order valence-electron chi connectivity index (χ4n) is 3.37. The van der Waals surface area contributed by atoms with Gasteiger partial charge in [-0.2, -0.15) is 4.98 Å². The number of fused-ring (bicyclic) bond motifs is 1. The van der Waals surface area contributed by atoms with Crippen LogP contribution >= 0.6 is 0 Å². The summed E-state index contributed by atoms with van der Waals surface area (Å²) in [5, 5.41) is 22.8. The maximum atomic E-state index is 10.3. The molecule has 0 unspecified atom stereocenters. The van der Waals surface area contributed by atoms with Gasteiger partial charge in [-0.05, 0) is 49.8 Å². The fraction of sp³-hybridized carbons (Fsp3) is 0.545. The zero-order chi connectivity index (χ0) is 20.5. The summed E-state index contributed by atoms with van der Waals surface area (Å²) in [4.78, 5) is 11.6. The third-order valence-corrected chi connectivity index (χ3v) is 5.22. The van der Waals surface area contributed by atoms with E-state index in [0.717, 1.165) is 36.6 Å². The van der Waals surface area contributed by atoms with Crippen molar-refractivity contribution < 1.29 is 10.2 Å². The molecule has 0 aliphatic carbocycles. The molecule has 0 saturated heterocycles. The van der Waals surface area contributed by atoms with E-state index < -0.39 is 5.60 Å². The van der Waals surface area contributed by atoms with Gasteiger partial charge in [-0.3, -0.25) is 0 Å². The summed E-state index contributed by atoms with van der Waals surface area (Å²) in [6.07, 6.45) is 0.913. The molecule has 1 aliphatic rings. The Morgan fingerprint density at radius 1 is 1.14 bits per heavy atom. The molecule has 3 rings (SSSR count). The first-order chi connectivity index (χ1) is 13.2.